The zero-order valence-electron chi connectivity index (χ0n) is 7.46. The number of halogens is 1. The van der Waals surface area contributed by atoms with Crippen LogP contribution in [0.4, 0.5) is 4.39 Å². The second-order valence-corrected chi connectivity index (χ2v) is 2.77. The van der Waals surface area contributed by atoms with Gasteiger partial charge in [0.05, 0.1) is 6.34 Å². The number of aryl methyl sites for hydroxylation is 1. The fraction of sp³-hybridized carbons (Fsp3) is 0.222. The van der Waals surface area contributed by atoms with Crippen molar-refractivity contribution in [2.45, 2.75) is 12.8 Å². The molecule has 1 aromatic rings. The number of carbonyl (C=O) groups excluding carboxylic acids is 1. The zero-order chi connectivity index (χ0) is 10.6. The lowest BCUT2D eigenvalue weighted by atomic mass is 10.1. The Morgan fingerprint density at radius 3 is 2.86 bits per heavy atom. The fourth-order valence-electron chi connectivity index (χ4n) is 1.10. The van der Waals surface area contributed by atoms with Gasteiger partial charge in [-0.05, 0) is 18.1 Å². The monoisotopic (exact) mass is 195 g/mol. The highest BCUT2D eigenvalue weighted by atomic mass is 19.1. The molecule has 0 aromatic carbocycles. The Kier molecular flexibility index (Phi) is 3.28. The van der Waals surface area contributed by atoms with E-state index in [1.165, 1.54) is 6.07 Å². The average Bonchev–Trinajstić information content (AvgIpc) is 2.18. The van der Waals surface area contributed by atoms with Gasteiger partial charge in [-0.25, -0.2) is 4.39 Å². The quantitative estimate of drug-likeness (QED) is 0.414. The molecule has 0 radical (unpaired) electrons. The molecule has 0 atom stereocenters. The molecule has 0 bridgehead atoms. The summed E-state index contributed by atoms with van der Waals surface area (Å²) in [6, 6.07) is 1.32. The molecule has 0 aliphatic rings. The van der Waals surface area contributed by atoms with Crippen LogP contribution in [0.2, 0.25) is 0 Å². The van der Waals surface area contributed by atoms with Gasteiger partial charge in [0, 0.05) is 12.6 Å². The smallest absolute Gasteiger partial charge is 0.143 e. The van der Waals surface area contributed by atoms with E-state index in [1.807, 2.05) is 0 Å². The topological polar surface area (TPSA) is 69.7 Å². The van der Waals surface area contributed by atoms with Crippen LogP contribution in [0, 0.1) is 16.6 Å². The summed E-state index contributed by atoms with van der Waals surface area (Å²) >= 11 is 0. The fourth-order valence-corrected chi connectivity index (χ4v) is 1.10. The average molecular weight is 195 g/mol. The summed E-state index contributed by atoms with van der Waals surface area (Å²) in [5, 5.41) is 14.3. The number of carbonyl (C=O) groups is 1. The molecule has 0 saturated heterocycles. The van der Waals surface area contributed by atoms with Gasteiger partial charge >= 0.3 is 0 Å². The van der Waals surface area contributed by atoms with Crippen LogP contribution >= 0.6 is 0 Å². The van der Waals surface area contributed by atoms with Gasteiger partial charge in [0.2, 0.25) is 0 Å². The number of rotatable bonds is 4. The molecule has 1 aromatic heterocycles. The summed E-state index contributed by atoms with van der Waals surface area (Å²) in [5.74, 6) is -0.494. The lowest BCUT2D eigenvalue weighted by molar-refractivity contribution is -0.107. The van der Waals surface area contributed by atoms with Crippen LogP contribution in [-0.2, 0) is 11.2 Å². The molecule has 1 heterocycles. The standard InChI is InChI=1S/C9H10FN3O/c10-8-5-13(6-11)9(12)4-7(8)2-1-3-14/h3-6,11-12H,1-2H2. The van der Waals surface area contributed by atoms with Crippen molar-refractivity contribution in [2.24, 2.45) is 0 Å². The van der Waals surface area contributed by atoms with Crippen LogP contribution in [0.3, 0.4) is 0 Å². The van der Waals surface area contributed by atoms with Crippen LogP contribution < -0.4 is 5.49 Å². The Labute approximate surface area is 80.0 Å². The summed E-state index contributed by atoms with van der Waals surface area (Å²) in [6.45, 7) is 0. The highest BCUT2D eigenvalue weighted by Crippen LogP contribution is 2.05. The Hall–Kier alpha value is -1.78. The van der Waals surface area contributed by atoms with Crippen LogP contribution in [0.25, 0.3) is 0 Å². The van der Waals surface area contributed by atoms with Crippen LogP contribution in [0.5, 0.6) is 0 Å². The van der Waals surface area contributed by atoms with Crippen molar-refractivity contribution in [1.82, 2.24) is 4.57 Å². The van der Waals surface area contributed by atoms with Gasteiger partial charge in [0.15, 0.2) is 0 Å². The molecule has 0 aliphatic heterocycles. The van der Waals surface area contributed by atoms with Crippen LogP contribution in [0.15, 0.2) is 12.3 Å². The number of hydrogen-bond acceptors (Lipinski definition) is 3. The highest BCUT2D eigenvalue weighted by molar-refractivity contribution is 5.54. The number of aromatic nitrogens is 1. The van der Waals surface area contributed by atoms with Crippen molar-refractivity contribution < 1.29 is 9.18 Å². The van der Waals surface area contributed by atoms with Crippen molar-refractivity contribution in [3.05, 3.63) is 29.1 Å². The Morgan fingerprint density at radius 1 is 1.57 bits per heavy atom. The summed E-state index contributed by atoms with van der Waals surface area (Å²) in [4.78, 5) is 10.1. The Morgan fingerprint density at radius 2 is 2.29 bits per heavy atom. The van der Waals surface area contributed by atoms with E-state index in [0.717, 1.165) is 17.1 Å². The third-order valence-electron chi connectivity index (χ3n) is 1.82. The van der Waals surface area contributed by atoms with Crippen molar-refractivity contribution in [1.29, 1.82) is 10.8 Å². The molecule has 2 N–H and O–H groups in total. The largest absolute Gasteiger partial charge is 0.303 e. The minimum absolute atomic E-state index is 0.0299. The summed E-state index contributed by atoms with van der Waals surface area (Å²) in [7, 11) is 0. The predicted octanol–water partition coefficient (Wildman–Crippen LogP) is 0.693. The molecule has 4 nitrogen and oxygen atoms in total. The Bertz CT molecular complexity index is 411. The second-order valence-electron chi connectivity index (χ2n) is 2.77. The van der Waals surface area contributed by atoms with E-state index in [0.29, 0.717) is 18.3 Å². The van der Waals surface area contributed by atoms with E-state index >= 15 is 0 Å². The van der Waals surface area contributed by atoms with E-state index in [1.54, 1.807) is 0 Å². The molecular formula is C9H10FN3O. The minimum atomic E-state index is -0.494. The van der Waals surface area contributed by atoms with Gasteiger partial charge in [0.1, 0.15) is 17.6 Å². The second kappa shape index (κ2) is 4.45. The molecule has 0 aliphatic carbocycles. The first-order chi connectivity index (χ1) is 6.69. The molecule has 5 heteroatoms. The van der Waals surface area contributed by atoms with Crippen molar-refractivity contribution >= 4 is 12.6 Å². The molecule has 0 amide bonds. The molecule has 14 heavy (non-hydrogen) atoms. The summed E-state index contributed by atoms with van der Waals surface area (Å²) < 4.78 is 14.3. The third kappa shape index (κ3) is 2.12. The van der Waals surface area contributed by atoms with Crippen LogP contribution in [-0.4, -0.2) is 17.2 Å². The lowest BCUT2D eigenvalue weighted by Gasteiger charge is -2.03. The van der Waals surface area contributed by atoms with Gasteiger partial charge in [-0.2, -0.15) is 0 Å². The lowest BCUT2D eigenvalue weighted by Crippen LogP contribution is -2.20. The SMILES string of the molecule is N=Cn1cc(F)c(CCC=O)cc1=N. The number of nitrogens with zero attached hydrogens (tertiary/aromatic N) is 1. The van der Waals surface area contributed by atoms with Gasteiger partial charge in [-0.3, -0.25) is 15.4 Å². The summed E-state index contributed by atoms with van der Waals surface area (Å²) in [6.07, 6.45) is 3.16. The maximum atomic E-state index is 13.2. The van der Waals surface area contributed by atoms with E-state index in [9.17, 15) is 9.18 Å². The van der Waals surface area contributed by atoms with Gasteiger partial charge in [-0.15, -0.1) is 0 Å². The van der Waals surface area contributed by atoms with E-state index in [-0.39, 0.29) is 11.9 Å². The molecule has 0 spiro atoms. The highest BCUT2D eigenvalue weighted by Gasteiger charge is 2.03. The first-order valence-corrected chi connectivity index (χ1v) is 4.08. The molecule has 0 fully saturated rings. The third-order valence-corrected chi connectivity index (χ3v) is 1.82. The van der Waals surface area contributed by atoms with Gasteiger partial charge in [0.25, 0.3) is 0 Å². The van der Waals surface area contributed by atoms with Gasteiger partial charge in [-0.1, -0.05) is 0 Å². The summed E-state index contributed by atoms with van der Waals surface area (Å²) in [5.41, 5.74) is 0.363. The van der Waals surface area contributed by atoms with Crippen LogP contribution in [0.1, 0.15) is 12.0 Å². The van der Waals surface area contributed by atoms with E-state index in [4.69, 9.17) is 10.8 Å². The van der Waals surface area contributed by atoms with Crippen molar-refractivity contribution in [2.75, 3.05) is 0 Å². The molecular weight excluding hydrogens is 185 g/mol. The Balaban J connectivity index is 3.08. The maximum Gasteiger partial charge on any atom is 0.143 e. The first kappa shape index (κ1) is 10.3. The molecule has 0 saturated carbocycles. The molecule has 1 rings (SSSR count). The normalized spacial score (nSPS) is 9.79. The van der Waals surface area contributed by atoms with Crippen molar-refractivity contribution in [3.8, 4) is 0 Å². The number of aldehydes is 1. The number of nitrogens with one attached hydrogen (secondary N) is 2. The maximum absolute atomic E-state index is 13.2. The zero-order valence-corrected chi connectivity index (χ0v) is 7.46. The molecule has 74 valence electrons. The van der Waals surface area contributed by atoms with E-state index < -0.39 is 5.82 Å². The van der Waals surface area contributed by atoms with E-state index in [2.05, 4.69) is 0 Å². The number of pyridine rings is 1. The van der Waals surface area contributed by atoms with Gasteiger partial charge < -0.3 is 4.79 Å². The predicted molar refractivity (Wildman–Crippen MR) is 48.8 cm³/mol. The molecule has 0 unspecified atom stereocenters. The minimum Gasteiger partial charge on any atom is -0.303 e. The first-order valence-electron chi connectivity index (χ1n) is 4.08. The number of hydrogen-bond donors (Lipinski definition) is 2. The van der Waals surface area contributed by atoms with Crippen molar-refractivity contribution in [3.63, 3.8) is 0 Å².